The Morgan fingerprint density at radius 3 is 2.08 bits per heavy atom. The number of amidine groups is 1. The lowest BCUT2D eigenvalue weighted by molar-refractivity contribution is 0.887. The molecule has 0 saturated carbocycles. The molecule has 0 spiro atoms. The highest BCUT2D eigenvalue weighted by atomic mass is 15.0. The van der Waals surface area contributed by atoms with Gasteiger partial charge in [-0.2, -0.15) is 0 Å². The first-order valence-corrected chi connectivity index (χ1v) is 22.1. The number of aliphatic imine (C=N–C) groups is 1. The van der Waals surface area contributed by atoms with Gasteiger partial charge in [0.2, 0.25) is 0 Å². The van der Waals surface area contributed by atoms with Crippen LogP contribution >= 0.6 is 0 Å². The van der Waals surface area contributed by atoms with Crippen molar-refractivity contribution in [2.24, 2.45) is 10.7 Å². The van der Waals surface area contributed by atoms with Crippen molar-refractivity contribution in [1.82, 2.24) is 9.55 Å². The van der Waals surface area contributed by atoms with Crippen molar-refractivity contribution in [3.63, 3.8) is 0 Å². The van der Waals surface area contributed by atoms with Crippen LogP contribution in [0.4, 0.5) is 0 Å². The molecule has 10 aromatic rings. The van der Waals surface area contributed by atoms with E-state index in [0.29, 0.717) is 12.3 Å². The van der Waals surface area contributed by atoms with Crippen LogP contribution in [0.25, 0.3) is 83.2 Å². The Balaban J connectivity index is 0.00000232. The molecule has 2 N–H and O–H groups in total. The number of nitrogens with two attached hydrogens (primary N) is 1. The smallest absolute Gasteiger partial charge is 0.131 e. The summed E-state index contributed by atoms with van der Waals surface area (Å²) in [4.78, 5) is 10.2. The van der Waals surface area contributed by atoms with Crippen LogP contribution < -0.4 is 5.73 Å². The topological polar surface area (TPSA) is 56.2 Å². The van der Waals surface area contributed by atoms with Crippen LogP contribution in [0.3, 0.4) is 0 Å². The van der Waals surface area contributed by atoms with Gasteiger partial charge in [-0.05, 0) is 76.7 Å². The Morgan fingerprint density at radius 2 is 1.29 bits per heavy atom. The standard InChI is InChI=1S/C57H42N4.C2H6/c58-57(43-18-5-2-6-19-43)60-51(41-16-3-1-4-17-41)34-27-38-35-44(37-45(36-38)61-53-25-13-10-21-47(53)48-22-11-14-26-54(48)61)39-28-30-42(31-29-39)55-49-23-9-12-24-52(49)59-56-46-20-8-7-15-40(46)32-33-50(55)56;1-2/h1-13,15-25,28-37H,14,26-27H2,(H2,58,60);1-2H3/b51-34-;. The second-order valence-corrected chi connectivity index (χ2v) is 15.8. The van der Waals surface area contributed by atoms with Gasteiger partial charge in [0.15, 0.2) is 0 Å². The first kappa shape index (κ1) is 39.3. The minimum absolute atomic E-state index is 0.492. The van der Waals surface area contributed by atoms with Crippen LogP contribution in [0, 0.1) is 0 Å². The van der Waals surface area contributed by atoms with Gasteiger partial charge in [0.05, 0.1) is 22.2 Å². The van der Waals surface area contributed by atoms with Crippen LogP contribution in [-0.4, -0.2) is 15.4 Å². The molecular weight excluding hydrogens is 765 g/mol. The van der Waals surface area contributed by atoms with Crippen molar-refractivity contribution < 1.29 is 0 Å². The number of hydrogen-bond acceptors (Lipinski definition) is 2. The van der Waals surface area contributed by atoms with Crippen LogP contribution in [0.2, 0.25) is 0 Å². The van der Waals surface area contributed by atoms with Crippen molar-refractivity contribution in [3.8, 4) is 27.9 Å². The molecule has 8 aromatic carbocycles. The molecule has 0 bridgehead atoms. The van der Waals surface area contributed by atoms with Gasteiger partial charge in [0.25, 0.3) is 0 Å². The largest absolute Gasteiger partial charge is 0.383 e. The molecule has 0 amide bonds. The van der Waals surface area contributed by atoms with Gasteiger partial charge in [-0.1, -0.05) is 196 Å². The summed E-state index contributed by atoms with van der Waals surface area (Å²) in [6, 6.07) is 66.8. The first-order chi connectivity index (χ1) is 31.2. The van der Waals surface area contributed by atoms with Gasteiger partial charge in [-0.15, -0.1) is 0 Å². The lowest BCUT2D eigenvalue weighted by Gasteiger charge is -2.17. The fraction of sp³-hybridized carbons (Fsp3) is 0.0847. The van der Waals surface area contributed by atoms with Crippen LogP contribution in [0.5, 0.6) is 0 Å². The number of benzene rings is 8. The van der Waals surface area contributed by atoms with Crippen molar-refractivity contribution in [2.45, 2.75) is 33.1 Å². The number of rotatable bonds is 8. The summed E-state index contributed by atoms with van der Waals surface area (Å²) < 4.78 is 2.49. The molecule has 0 aliphatic heterocycles. The molecule has 0 saturated heterocycles. The average Bonchev–Trinajstić information content (AvgIpc) is 3.70. The van der Waals surface area contributed by atoms with Gasteiger partial charge < -0.3 is 10.3 Å². The maximum atomic E-state index is 6.64. The van der Waals surface area contributed by atoms with Crippen LogP contribution in [0.15, 0.2) is 205 Å². The molecule has 2 heterocycles. The predicted octanol–water partition coefficient (Wildman–Crippen LogP) is 14.8. The molecule has 4 nitrogen and oxygen atoms in total. The summed E-state index contributed by atoms with van der Waals surface area (Å²) in [6.07, 6.45) is 9.50. The highest BCUT2D eigenvalue weighted by Crippen LogP contribution is 2.40. The van der Waals surface area contributed by atoms with E-state index in [0.717, 1.165) is 68.3 Å². The van der Waals surface area contributed by atoms with Gasteiger partial charge in [-0.25, -0.2) is 9.98 Å². The Morgan fingerprint density at radius 1 is 0.619 bits per heavy atom. The van der Waals surface area contributed by atoms with E-state index in [-0.39, 0.29) is 0 Å². The minimum atomic E-state index is 0.492. The van der Waals surface area contributed by atoms with E-state index in [4.69, 9.17) is 15.7 Å². The van der Waals surface area contributed by atoms with Gasteiger partial charge >= 0.3 is 0 Å². The third-order valence-electron chi connectivity index (χ3n) is 12.1. The number of allylic oxidation sites excluding steroid dienone is 2. The monoisotopic (exact) mass is 812 g/mol. The second-order valence-electron chi connectivity index (χ2n) is 15.8. The molecule has 4 heteroatoms. The number of hydrogen-bond donors (Lipinski definition) is 1. The fourth-order valence-corrected chi connectivity index (χ4v) is 9.17. The summed E-state index contributed by atoms with van der Waals surface area (Å²) in [7, 11) is 0. The second kappa shape index (κ2) is 17.3. The highest BCUT2D eigenvalue weighted by molar-refractivity contribution is 6.17. The lowest BCUT2D eigenvalue weighted by Crippen LogP contribution is -2.13. The normalized spacial score (nSPS) is 12.7. The quantitative estimate of drug-likeness (QED) is 0.0719. The van der Waals surface area contributed by atoms with Crippen molar-refractivity contribution in [2.75, 3.05) is 0 Å². The summed E-state index contributed by atoms with van der Waals surface area (Å²) in [6.45, 7) is 4.00. The van der Waals surface area contributed by atoms with Crippen LogP contribution in [-0.2, 0) is 12.8 Å². The zero-order chi connectivity index (χ0) is 42.7. The lowest BCUT2D eigenvalue weighted by atomic mass is 9.92. The summed E-state index contributed by atoms with van der Waals surface area (Å²) >= 11 is 0. The summed E-state index contributed by atoms with van der Waals surface area (Å²) in [5, 5.41) is 5.95. The summed E-state index contributed by atoms with van der Waals surface area (Å²) in [5.41, 5.74) is 22.4. The molecule has 0 unspecified atom stereocenters. The summed E-state index contributed by atoms with van der Waals surface area (Å²) in [5.74, 6) is 0.492. The van der Waals surface area contributed by atoms with Crippen molar-refractivity contribution in [3.05, 3.63) is 228 Å². The third-order valence-corrected chi connectivity index (χ3v) is 12.1. The first-order valence-electron chi connectivity index (χ1n) is 22.1. The Kier molecular flexibility index (Phi) is 10.8. The third kappa shape index (κ3) is 7.51. The van der Waals surface area contributed by atoms with E-state index in [1.54, 1.807) is 0 Å². The molecule has 0 atom stereocenters. The Bertz CT molecular complexity index is 3370. The number of pyridine rings is 1. The molecular formula is C59H48N4. The minimum Gasteiger partial charge on any atom is -0.383 e. The molecule has 0 radical (unpaired) electrons. The number of nitrogens with zero attached hydrogens (tertiary/aromatic N) is 3. The maximum absolute atomic E-state index is 6.64. The van der Waals surface area contributed by atoms with Gasteiger partial charge in [0, 0.05) is 49.6 Å². The SMILES string of the molecule is CC.NC(=N/C(=C\Cc1cc(-c2ccc(-c3c4ccccc4nc4c3ccc3ccccc34)cc2)cc(-n2c3c(c4ccccc42)C=CCC3)c1)c1ccccc1)c1ccccc1. The fourth-order valence-electron chi connectivity index (χ4n) is 9.17. The average molecular weight is 813 g/mol. The van der Waals surface area contributed by atoms with E-state index in [9.17, 15) is 0 Å². The number of fused-ring (bicyclic) bond motifs is 7. The van der Waals surface area contributed by atoms with Crippen LogP contribution in [0.1, 0.15) is 48.2 Å². The molecule has 1 aliphatic rings. The molecule has 2 aromatic heterocycles. The van der Waals surface area contributed by atoms with E-state index < -0.39 is 0 Å². The molecule has 63 heavy (non-hydrogen) atoms. The van der Waals surface area contributed by atoms with Crippen molar-refractivity contribution >= 4 is 61.1 Å². The van der Waals surface area contributed by atoms with E-state index in [1.165, 1.54) is 49.6 Å². The molecule has 11 rings (SSSR count). The zero-order valence-corrected chi connectivity index (χ0v) is 35.7. The molecule has 304 valence electrons. The number of aromatic nitrogens is 2. The highest BCUT2D eigenvalue weighted by Gasteiger charge is 2.20. The molecule has 1 aliphatic carbocycles. The van der Waals surface area contributed by atoms with Gasteiger partial charge in [-0.3, -0.25) is 0 Å². The van der Waals surface area contributed by atoms with Gasteiger partial charge in [0.1, 0.15) is 5.84 Å². The molecule has 0 fully saturated rings. The Labute approximate surface area is 369 Å². The van der Waals surface area contributed by atoms with Crippen molar-refractivity contribution in [1.29, 1.82) is 0 Å². The predicted molar refractivity (Wildman–Crippen MR) is 268 cm³/mol. The van der Waals surface area contributed by atoms with E-state index in [2.05, 4.69) is 162 Å². The zero-order valence-electron chi connectivity index (χ0n) is 35.7. The van der Waals surface area contributed by atoms with E-state index in [1.807, 2.05) is 62.4 Å². The Hall–Kier alpha value is -7.82. The number of para-hydroxylation sites is 2. The maximum Gasteiger partial charge on any atom is 0.131 e. The van der Waals surface area contributed by atoms with E-state index >= 15 is 0 Å².